The maximum atomic E-state index is 12.3. The predicted molar refractivity (Wildman–Crippen MR) is 135 cm³/mol. The Morgan fingerprint density at radius 1 is 0.944 bits per heavy atom. The molecule has 0 aliphatic carbocycles. The summed E-state index contributed by atoms with van der Waals surface area (Å²) in [5.74, 6) is -0.981. The van der Waals surface area contributed by atoms with Gasteiger partial charge in [-0.25, -0.2) is 9.79 Å². The van der Waals surface area contributed by atoms with Gasteiger partial charge in [0.05, 0.1) is 23.4 Å². The molecule has 5 N–H and O–H groups in total. The molecule has 0 aliphatic rings. The highest BCUT2D eigenvalue weighted by atomic mass is 32.2. The summed E-state index contributed by atoms with van der Waals surface area (Å²) in [7, 11) is -3.67. The van der Waals surface area contributed by atoms with Crippen LogP contribution in [0.1, 0.15) is 34.3 Å². The van der Waals surface area contributed by atoms with E-state index in [1.54, 1.807) is 55.5 Å². The average Bonchev–Trinajstić information content (AvgIpc) is 2.82. The maximum absolute atomic E-state index is 12.3. The topological polar surface area (TPSA) is 171 Å². The second-order valence-corrected chi connectivity index (χ2v) is 9.06. The molecule has 0 spiro atoms. The Morgan fingerprint density at radius 3 is 2.03 bits per heavy atom. The number of benzene rings is 3. The quantitative estimate of drug-likeness (QED) is 0.141. The Bertz CT molecular complexity index is 1280. The molecule has 190 valence electrons. The number of nitrogens with zero attached hydrogens (tertiary/aromatic N) is 1. The molecule has 0 unspecified atom stereocenters. The number of hydrogen-bond acceptors (Lipinski definition) is 7. The molecule has 0 heterocycles. The zero-order chi connectivity index (χ0) is 26.7. The highest BCUT2D eigenvalue weighted by molar-refractivity contribution is 7.85. The summed E-state index contributed by atoms with van der Waals surface area (Å²) >= 11 is 0. The summed E-state index contributed by atoms with van der Waals surface area (Å²) in [6.45, 7) is 1.99. The predicted octanol–water partition coefficient (Wildman–Crippen LogP) is 3.16. The largest absolute Gasteiger partial charge is 0.460 e. The fourth-order valence-corrected chi connectivity index (χ4v) is 2.80. The Morgan fingerprint density at radius 2 is 1.50 bits per heavy atom. The van der Waals surface area contributed by atoms with Crippen LogP contribution in [0.25, 0.3) is 0 Å². The third kappa shape index (κ3) is 10.4. The van der Waals surface area contributed by atoms with Crippen molar-refractivity contribution in [1.82, 2.24) is 0 Å². The molecule has 0 bridgehead atoms. The molecule has 3 aromatic rings. The fourth-order valence-electron chi connectivity index (χ4n) is 2.80. The number of esters is 2. The van der Waals surface area contributed by atoms with Gasteiger partial charge in [0.2, 0.25) is 0 Å². The van der Waals surface area contributed by atoms with Gasteiger partial charge >= 0.3 is 11.9 Å². The monoisotopic (exact) mass is 513 g/mol. The molecule has 3 rings (SSSR count). The Hall–Kier alpha value is -4.22. The van der Waals surface area contributed by atoms with Crippen molar-refractivity contribution in [3.8, 4) is 5.75 Å². The van der Waals surface area contributed by atoms with Crippen LogP contribution in [0, 0.1) is 0 Å². The standard InChI is InChI=1S/C24H23N3O4.CH4O3S/c1-16(22(28)30-15-17-5-3-2-4-6-17)18-9-13-21(14-10-18)31-23(29)19-7-11-20(12-8-19)27-24(25)26;1-5(2,3)4/h2-14,16H,15H2,1H3,(H4,25,26,27);1H3,(H,2,3,4)/t16-;/m1./s1. The number of carbonyl (C=O) groups is 2. The highest BCUT2D eigenvalue weighted by Crippen LogP contribution is 2.22. The lowest BCUT2D eigenvalue weighted by molar-refractivity contribution is -0.146. The third-order valence-corrected chi connectivity index (χ3v) is 4.53. The van der Waals surface area contributed by atoms with Crippen LogP contribution in [0.2, 0.25) is 0 Å². The first kappa shape index (κ1) is 28.0. The zero-order valence-electron chi connectivity index (χ0n) is 19.7. The molecule has 0 saturated carbocycles. The van der Waals surface area contributed by atoms with E-state index in [0.717, 1.165) is 11.1 Å². The van der Waals surface area contributed by atoms with Gasteiger partial charge in [-0.2, -0.15) is 8.42 Å². The molecule has 0 saturated heterocycles. The van der Waals surface area contributed by atoms with Crippen molar-refractivity contribution in [2.45, 2.75) is 19.4 Å². The molecule has 11 heteroatoms. The molecule has 10 nitrogen and oxygen atoms in total. The van der Waals surface area contributed by atoms with Crippen LogP contribution >= 0.6 is 0 Å². The molecule has 0 amide bonds. The summed E-state index contributed by atoms with van der Waals surface area (Å²) in [6.07, 6.45) is 0.715. The smallest absolute Gasteiger partial charge is 0.343 e. The molecular formula is C25H27N3O7S. The number of ether oxygens (including phenoxy) is 2. The van der Waals surface area contributed by atoms with E-state index >= 15 is 0 Å². The van der Waals surface area contributed by atoms with Crippen LogP contribution in [0.5, 0.6) is 5.75 Å². The summed E-state index contributed by atoms with van der Waals surface area (Å²) < 4.78 is 36.6. The molecule has 0 fully saturated rings. The van der Waals surface area contributed by atoms with E-state index in [4.69, 9.17) is 25.5 Å². The van der Waals surface area contributed by atoms with Crippen LogP contribution in [0.3, 0.4) is 0 Å². The van der Waals surface area contributed by atoms with Crippen LogP contribution < -0.4 is 16.2 Å². The number of aliphatic imine (C=N–C) groups is 1. The minimum absolute atomic E-state index is 0.0615. The van der Waals surface area contributed by atoms with Gasteiger partial charge < -0.3 is 20.9 Å². The van der Waals surface area contributed by atoms with Crippen molar-refractivity contribution in [3.05, 3.63) is 95.6 Å². The van der Waals surface area contributed by atoms with Gasteiger partial charge in [0.1, 0.15) is 12.4 Å². The van der Waals surface area contributed by atoms with Gasteiger partial charge in [0.25, 0.3) is 10.1 Å². The number of nitrogens with two attached hydrogens (primary N) is 2. The lowest BCUT2D eigenvalue weighted by atomic mass is 10.0. The first-order valence-corrected chi connectivity index (χ1v) is 12.4. The second-order valence-electron chi connectivity index (χ2n) is 7.59. The van der Waals surface area contributed by atoms with Crippen molar-refractivity contribution in [1.29, 1.82) is 0 Å². The number of rotatable bonds is 7. The zero-order valence-corrected chi connectivity index (χ0v) is 20.5. The summed E-state index contributed by atoms with van der Waals surface area (Å²) in [4.78, 5) is 28.5. The molecule has 0 aromatic heterocycles. The normalized spacial score (nSPS) is 11.3. The molecule has 1 atom stereocenters. The Balaban J connectivity index is 0.000000830. The van der Waals surface area contributed by atoms with Crippen molar-refractivity contribution >= 4 is 33.7 Å². The van der Waals surface area contributed by atoms with Crippen LogP contribution in [-0.4, -0.2) is 37.1 Å². The van der Waals surface area contributed by atoms with Crippen LogP contribution in [-0.2, 0) is 26.3 Å². The second kappa shape index (κ2) is 13.0. The van der Waals surface area contributed by atoms with E-state index in [9.17, 15) is 18.0 Å². The van der Waals surface area contributed by atoms with E-state index in [-0.39, 0.29) is 18.5 Å². The van der Waals surface area contributed by atoms with Gasteiger partial charge in [0.15, 0.2) is 5.96 Å². The first-order chi connectivity index (χ1) is 16.9. The van der Waals surface area contributed by atoms with E-state index in [1.165, 1.54) is 0 Å². The van der Waals surface area contributed by atoms with Crippen LogP contribution in [0.4, 0.5) is 5.69 Å². The minimum Gasteiger partial charge on any atom is -0.460 e. The molecule has 0 radical (unpaired) electrons. The summed E-state index contributed by atoms with van der Waals surface area (Å²) in [5, 5.41) is 0. The SMILES string of the molecule is CS(=O)(=O)O.C[C@@H](C(=O)OCc1ccccc1)c1ccc(OC(=O)c2ccc(N=C(N)N)cc2)cc1. The maximum Gasteiger partial charge on any atom is 0.343 e. The average molecular weight is 514 g/mol. The van der Waals surface area contributed by atoms with Gasteiger partial charge in [-0.3, -0.25) is 9.35 Å². The molecule has 36 heavy (non-hydrogen) atoms. The van der Waals surface area contributed by atoms with E-state index < -0.39 is 22.0 Å². The lowest BCUT2D eigenvalue weighted by Crippen LogP contribution is -2.21. The Labute approximate surface area is 209 Å². The van der Waals surface area contributed by atoms with Gasteiger partial charge in [0, 0.05) is 0 Å². The van der Waals surface area contributed by atoms with E-state index in [1.807, 2.05) is 30.3 Å². The van der Waals surface area contributed by atoms with E-state index in [0.29, 0.717) is 23.3 Å². The molecule has 3 aromatic carbocycles. The Kier molecular flexibility index (Phi) is 10.1. The van der Waals surface area contributed by atoms with Crippen molar-refractivity contribution in [3.63, 3.8) is 0 Å². The molecule has 0 aliphatic heterocycles. The van der Waals surface area contributed by atoms with E-state index in [2.05, 4.69) is 4.99 Å². The van der Waals surface area contributed by atoms with Gasteiger partial charge in [-0.1, -0.05) is 42.5 Å². The van der Waals surface area contributed by atoms with Crippen molar-refractivity contribution in [2.24, 2.45) is 16.5 Å². The van der Waals surface area contributed by atoms with Crippen molar-refractivity contribution in [2.75, 3.05) is 6.26 Å². The lowest BCUT2D eigenvalue weighted by Gasteiger charge is -2.12. The summed E-state index contributed by atoms with van der Waals surface area (Å²) in [5.41, 5.74) is 13.2. The number of guanidine groups is 1. The van der Waals surface area contributed by atoms with Gasteiger partial charge in [-0.15, -0.1) is 0 Å². The van der Waals surface area contributed by atoms with Crippen LogP contribution in [0.15, 0.2) is 83.9 Å². The number of hydrogen-bond donors (Lipinski definition) is 3. The molecular weight excluding hydrogens is 486 g/mol. The van der Waals surface area contributed by atoms with Gasteiger partial charge in [-0.05, 0) is 54.4 Å². The number of carbonyl (C=O) groups excluding carboxylic acids is 2. The third-order valence-electron chi connectivity index (χ3n) is 4.53. The fraction of sp³-hybridized carbons (Fsp3) is 0.160. The summed E-state index contributed by atoms with van der Waals surface area (Å²) in [6, 6.07) is 22.6. The highest BCUT2D eigenvalue weighted by Gasteiger charge is 2.17. The van der Waals surface area contributed by atoms with Crippen molar-refractivity contribution < 1.29 is 32.0 Å². The first-order valence-electron chi connectivity index (χ1n) is 10.6. The minimum atomic E-state index is -3.67.